The van der Waals surface area contributed by atoms with Crippen LogP contribution >= 0.6 is 0 Å². The Labute approximate surface area is 143 Å². The molecule has 0 heterocycles. The van der Waals surface area contributed by atoms with E-state index in [-0.39, 0.29) is 12.5 Å². The van der Waals surface area contributed by atoms with Crippen LogP contribution in [0, 0.1) is 5.92 Å². The third kappa shape index (κ3) is 2.53. The molecule has 1 amide bonds. The summed E-state index contributed by atoms with van der Waals surface area (Å²) in [5, 5.41) is 3.07. The minimum absolute atomic E-state index is 0.0140. The quantitative estimate of drug-likeness (QED) is 0.916. The highest BCUT2D eigenvalue weighted by Gasteiger charge is 2.42. The molecular formula is C21H23NO2. The molecule has 0 fully saturated rings. The van der Waals surface area contributed by atoms with Crippen molar-refractivity contribution in [3.63, 3.8) is 0 Å². The minimum atomic E-state index is -0.0140. The van der Waals surface area contributed by atoms with Gasteiger partial charge in [0.05, 0.1) is 0 Å². The molecule has 0 saturated carbocycles. The van der Waals surface area contributed by atoms with Crippen molar-refractivity contribution in [2.45, 2.75) is 25.2 Å². The lowest BCUT2D eigenvalue weighted by atomic mass is 9.59. The topological polar surface area (TPSA) is 38.3 Å². The van der Waals surface area contributed by atoms with Gasteiger partial charge in [0.1, 0.15) is 6.61 Å². The van der Waals surface area contributed by atoms with E-state index in [1.165, 1.54) is 22.3 Å². The maximum Gasteiger partial charge on any atom is 0.246 e. The molecule has 2 aromatic carbocycles. The Balaban J connectivity index is 1.60. The monoisotopic (exact) mass is 321 g/mol. The van der Waals surface area contributed by atoms with Crippen molar-refractivity contribution in [1.82, 2.24) is 5.32 Å². The first-order valence-corrected chi connectivity index (χ1v) is 8.81. The van der Waals surface area contributed by atoms with Crippen molar-refractivity contribution in [3.05, 3.63) is 70.8 Å². The predicted molar refractivity (Wildman–Crippen MR) is 94.2 cm³/mol. The van der Waals surface area contributed by atoms with Gasteiger partial charge in [0.15, 0.2) is 0 Å². The highest BCUT2D eigenvalue weighted by atomic mass is 16.5. The van der Waals surface area contributed by atoms with E-state index in [1.54, 1.807) is 0 Å². The summed E-state index contributed by atoms with van der Waals surface area (Å²) in [7, 11) is 0. The van der Waals surface area contributed by atoms with Crippen molar-refractivity contribution in [2.24, 2.45) is 5.92 Å². The molecule has 1 N–H and O–H groups in total. The molecule has 124 valence electrons. The fraction of sp³-hybridized carbons (Fsp3) is 0.381. The molecule has 0 saturated heterocycles. The van der Waals surface area contributed by atoms with E-state index < -0.39 is 0 Å². The lowest BCUT2D eigenvalue weighted by Crippen LogP contribution is -2.40. The van der Waals surface area contributed by atoms with Crippen molar-refractivity contribution >= 4 is 5.91 Å². The first-order valence-electron chi connectivity index (χ1n) is 8.81. The van der Waals surface area contributed by atoms with Crippen LogP contribution < -0.4 is 5.32 Å². The van der Waals surface area contributed by atoms with Crippen LogP contribution in [0.1, 0.15) is 47.4 Å². The number of ether oxygens (including phenoxy) is 1. The van der Waals surface area contributed by atoms with Crippen molar-refractivity contribution in [1.29, 1.82) is 0 Å². The van der Waals surface area contributed by atoms with Gasteiger partial charge < -0.3 is 10.1 Å². The van der Waals surface area contributed by atoms with Crippen LogP contribution in [-0.2, 0) is 9.53 Å². The third-order valence-corrected chi connectivity index (χ3v) is 5.42. The Morgan fingerprint density at radius 2 is 1.62 bits per heavy atom. The molecule has 1 atom stereocenters. The highest BCUT2D eigenvalue weighted by Crippen LogP contribution is 2.54. The van der Waals surface area contributed by atoms with Crippen LogP contribution in [0.15, 0.2) is 48.5 Å². The van der Waals surface area contributed by atoms with E-state index >= 15 is 0 Å². The maximum absolute atomic E-state index is 11.9. The smallest absolute Gasteiger partial charge is 0.246 e. The zero-order valence-corrected chi connectivity index (χ0v) is 14.0. The molecule has 1 unspecified atom stereocenters. The second-order valence-electron chi connectivity index (χ2n) is 6.73. The van der Waals surface area contributed by atoms with Gasteiger partial charge in [0.25, 0.3) is 0 Å². The van der Waals surface area contributed by atoms with Gasteiger partial charge in [-0.25, -0.2) is 0 Å². The van der Waals surface area contributed by atoms with E-state index in [1.807, 2.05) is 6.92 Å². The Morgan fingerprint density at radius 1 is 1.04 bits per heavy atom. The van der Waals surface area contributed by atoms with E-state index in [4.69, 9.17) is 4.74 Å². The molecular weight excluding hydrogens is 298 g/mol. The van der Waals surface area contributed by atoms with Gasteiger partial charge in [-0.1, -0.05) is 48.5 Å². The van der Waals surface area contributed by atoms with Crippen LogP contribution in [0.3, 0.4) is 0 Å². The molecule has 2 bridgehead atoms. The molecule has 0 aromatic heterocycles. The van der Waals surface area contributed by atoms with E-state index in [0.717, 1.165) is 13.0 Å². The average Bonchev–Trinajstić information content (AvgIpc) is 2.65. The number of fused-ring (bicyclic) bond motifs is 1. The number of carbonyl (C=O) groups is 1. The zero-order chi connectivity index (χ0) is 16.5. The number of hydrogen-bond donors (Lipinski definition) is 1. The zero-order valence-electron chi connectivity index (χ0n) is 14.0. The maximum atomic E-state index is 11.9. The Kier molecular flexibility index (Phi) is 4.11. The number of benzene rings is 2. The highest BCUT2D eigenvalue weighted by molar-refractivity contribution is 5.77. The van der Waals surface area contributed by atoms with Crippen LogP contribution in [0.2, 0.25) is 0 Å². The number of nitrogens with one attached hydrogen (secondary N) is 1. The first kappa shape index (κ1) is 15.4. The summed E-state index contributed by atoms with van der Waals surface area (Å²) < 4.78 is 5.20. The molecule has 3 aliphatic carbocycles. The molecule has 3 heteroatoms. The van der Waals surface area contributed by atoms with Crippen LogP contribution in [-0.4, -0.2) is 25.7 Å². The summed E-state index contributed by atoms with van der Waals surface area (Å²) in [6.07, 6.45) is 1.10. The third-order valence-electron chi connectivity index (χ3n) is 5.42. The summed E-state index contributed by atoms with van der Waals surface area (Å²) in [5.74, 6) is 1.27. The number of hydrogen-bond acceptors (Lipinski definition) is 2. The lowest BCUT2D eigenvalue weighted by molar-refractivity contribution is -0.125. The molecule has 24 heavy (non-hydrogen) atoms. The lowest BCUT2D eigenvalue weighted by Gasteiger charge is -2.45. The first-order chi connectivity index (χ1) is 11.8. The van der Waals surface area contributed by atoms with E-state index in [2.05, 4.69) is 53.8 Å². The summed E-state index contributed by atoms with van der Waals surface area (Å²) >= 11 is 0. The SMILES string of the molecule is CCOCC(=O)NCC1CC2c3ccccc3C1c1ccccc12. The molecule has 5 rings (SSSR count). The van der Waals surface area contributed by atoms with Crippen molar-refractivity contribution in [2.75, 3.05) is 19.8 Å². The summed E-state index contributed by atoms with van der Waals surface area (Å²) in [6, 6.07) is 17.6. The molecule has 3 aliphatic rings. The molecule has 2 aromatic rings. The summed E-state index contributed by atoms with van der Waals surface area (Å²) in [6.45, 7) is 3.35. The minimum Gasteiger partial charge on any atom is -0.372 e. The Hall–Kier alpha value is -2.13. The van der Waals surface area contributed by atoms with Gasteiger partial charge >= 0.3 is 0 Å². The second kappa shape index (κ2) is 6.40. The van der Waals surface area contributed by atoms with Gasteiger partial charge in [0.2, 0.25) is 5.91 Å². The van der Waals surface area contributed by atoms with Crippen molar-refractivity contribution < 1.29 is 9.53 Å². The van der Waals surface area contributed by atoms with Gasteiger partial charge in [-0.15, -0.1) is 0 Å². The summed E-state index contributed by atoms with van der Waals surface area (Å²) in [5.41, 5.74) is 5.82. The number of carbonyl (C=O) groups excluding carboxylic acids is 1. The van der Waals surface area contributed by atoms with Crippen molar-refractivity contribution in [3.8, 4) is 0 Å². The van der Waals surface area contributed by atoms with Gasteiger partial charge in [0, 0.05) is 25.0 Å². The predicted octanol–water partition coefficient (Wildman–Crippen LogP) is 3.44. The fourth-order valence-electron chi connectivity index (χ4n) is 4.45. The molecule has 3 nitrogen and oxygen atoms in total. The van der Waals surface area contributed by atoms with Crippen LogP contribution in [0.25, 0.3) is 0 Å². The Bertz CT molecular complexity index is 708. The largest absolute Gasteiger partial charge is 0.372 e. The van der Waals surface area contributed by atoms with E-state index in [9.17, 15) is 4.79 Å². The average molecular weight is 321 g/mol. The van der Waals surface area contributed by atoms with Gasteiger partial charge in [-0.05, 0) is 41.5 Å². The number of amides is 1. The Morgan fingerprint density at radius 3 is 2.21 bits per heavy atom. The van der Waals surface area contributed by atoms with E-state index in [0.29, 0.717) is 24.4 Å². The summed E-state index contributed by atoms with van der Waals surface area (Å²) in [4.78, 5) is 11.9. The second-order valence-corrected chi connectivity index (χ2v) is 6.73. The van der Waals surface area contributed by atoms with Gasteiger partial charge in [-0.3, -0.25) is 4.79 Å². The number of rotatable bonds is 5. The normalized spacial score (nSPS) is 23.5. The van der Waals surface area contributed by atoms with Crippen LogP contribution in [0.4, 0.5) is 0 Å². The standard InChI is InChI=1S/C21H23NO2/c1-2-24-13-20(23)22-12-14-11-19-15-7-3-5-9-17(15)21(14)18-10-6-4-8-16(18)19/h3-10,14,19,21H,2,11-13H2,1H3,(H,22,23). The van der Waals surface area contributed by atoms with Crippen LogP contribution in [0.5, 0.6) is 0 Å². The molecule has 0 radical (unpaired) electrons. The molecule has 0 spiro atoms. The van der Waals surface area contributed by atoms with Gasteiger partial charge in [-0.2, -0.15) is 0 Å². The fourth-order valence-corrected chi connectivity index (χ4v) is 4.45. The molecule has 0 aliphatic heterocycles.